The van der Waals surface area contributed by atoms with Crippen LogP contribution in [-0.4, -0.2) is 42.9 Å². The van der Waals surface area contributed by atoms with Crippen LogP contribution in [0.1, 0.15) is 46.0 Å². The van der Waals surface area contributed by atoms with Crippen LogP contribution in [-0.2, 0) is 0 Å². The number of piperidine rings is 1. The summed E-state index contributed by atoms with van der Waals surface area (Å²) in [5.41, 5.74) is 1.61. The molecule has 1 fully saturated rings. The topological polar surface area (TPSA) is 61.4 Å². The molecule has 0 spiro atoms. The zero-order valence-electron chi connectivity index (χ0n) is 17.4. The average Bonchev–Trinajstić information content (AvgIpc) is 2.74. The molecule has 0 bridgehead atoms. The molecule has 162 valence electrons. The second kappa shape index (κ2) is 11.1. The van der Waals surface area contributed by atoms with Crippen molar-refractivity contribution in [3.05, 3.63) is 65.0 Å². The van der Waals surface area contributed by atoms with Crippen molar-refractivity contribution in [2.45, 2.75) is 26.7 Å². The highest BCUT2D eigenvalue weighted by Crippen LogP contribution is 2.26. The number of benzene rings is 2. The second-order valence-electron chi connectivity index (χ2n) is 7.47. The van der Waals surface area contributed by atoms with Crippen molar-refractivity contribution < 1.29 is 14.0 Å². The number of carbonyl (C=O) groups is 2. The molecule has 0 atom stereocenters. The molecule has 2 aromatic carbocycles. The first-order valence-electron chi connectivity index (χ1n) is 10.2. The van der Waals surface area contributed by atoms with Crippen molar-refractivity contribution in [2.24, 2.45) is 5.92 Å². The highest BCUT2D eigenvalue weighted by molar-refractivity contribution is 6.09. The van der Waals surface area contributed by atoms with Gasteiger partial charge in [-0.25, -0.2) is 4.39 Å². The number of hydrogen-bond donors (Lipinski definition) is 2. The minimum absolute atomic E-state index is 0. The zero-order chi connectivity index (χ0) is 20.8. The predicted octanol–water partition coefficient (Wildman–Crippen LogP) is 4.27. The number of anilines is 1. The number of likely N-dealkylation sites (tertiary alicyclic amines) is 1. The third-order valence-corrected chi connectivity index (χ3v) is 5.44. The molecule has 1 saturated heterocycles. The van der Waals surface area contributed by atoms with Crippen LogP contribution in [0, 0.1) is 18.7 Å². The quantitative estimate of drug-likeness (QED) is 0.715. The van der Waals surface area contributed by atoms with Gasteiger partial charge in [0.25, 0.3) is 11.8 Å². The molecule has 2 N–H and O–H groups in total. The Labute approximate surface area is 183 Å². The Morgan fingerprint density at radius 1 is 1.07 bits per heavy atom. The predicted molar refractivity (Wildman–Crippen MR) is 120 cm³/mol. The first-order chi connectivity index (χ1) is 14.0. The van der Waals surface area contributed by atoms with Crippen molar-refractivity contribution >= 4 is 29.9 Å². The van der Waals surface area contributed by atoms with E-state index >= 15 is 0 Å². The monoisotopic (exact) mass is 433 g/mol. The van der Waals surface area contributed by atoms with E-state index in [2.05, 4.69) is 17.6 Å². The lowest BCUT2D eigenvalue weighted by Gasteiger charge is -2.32. The summed E-state index contributed by atoms with van der Waals surface area (Å²) < 4.78 is 14.0. The van der Waals surface area contributed by atoms with Crippen LogP contribution < -0.4 is 10.6 Å². The maximum Gasteiger partial charge on any atom is 0.258 e. The van der Waals surface area contributed by atoms with Gasteiger partial charge < -0.3 is 15.5 Å². The molecule has 0 radical (unpaired) electrons. The van der Waals surface area contributed by atoms with Crippen molar-refractivity contribution in [1.29, 1.82) is 0 Å². The molecule has 0 saturated carbocycles. The lowest BCUT2D eigenvalue weighted by Crippen LogP contribution is -2.41. The molecule has 7 heteroatoms. The van der Waals surface area contributed by atoms with Gasteiger partial charge in [-0.15, -0.1) is 12.4 Å². The van der Waals surface area contributed by atoms with E-state index in [0.29, 0.717) is 30.3 Å². The summed E-state index contributed by atoms with van der Waals surface area (Å²) in [6.45, 7) is 7.25. The lowest BCUT2D eigenvalue weighted by atomic mass is 9.96. The van der Waals surface area contributed by atoms with Crippen molar-refractivity contribution in [3.63, 3.8) is 0 Å². The van der Waals surface area contributed by atoms with Crippen LogP contribution in [0.15, 0.2) is 42.5 Å². The van der Waals surface area contributed by atoms with Gasteiger partial charge in [0.15, 0.2) is 0 Å². The minimum Gasteiger partial charge on any atom is -0.339 e. The Hall–Kier alpha value is -2.44. The molecule has 5 nitrogen and oxygen atoms in total. The standard InChI is InChI=1S/C23H28FN3O2.ClH/c1-3-25-15-17-11-13-27(14-12-17)23(29)19-9-6-7-16(2)21(19)26-22(28)18-8-4-5-10-20(18)24;/h4-10,17,25H,3,11-15H2,1-2H3,(H,26,28);1H. The maximum absolute atomic E-state index is 14.0. The summed E-state index contributed by atoms with van der Waals surface area (Å²) in [6.07, 6.45) is 1.92. The summed E-state index contributed by atoms with van der Waals surface area (Å²) in [7, 11) is 0. The number of rotatable bonds is 6. The third-order valence-electron chi connectivity index (χ3n) is 5.44. The summed E-state index contributed by atoms with van der Waals surface area (Å²) in [6, 6.07) is 11.2. The van der Waals surface area contributed by atoms with Gasteiger partial charge in [0.2, 0.25) is 0 Å². The Bertz CT molecular complexity index is 883. The van der Waals surface area contributed by atoms with E-state index in [1.54, 1.807) is 18.2 Å². The average molecular weight is 434 g/mol. The number of nitrogens with zero attached hydrogens (tertiary/aromatic N) is 1. The fraction of sp³-hybridized carbons (Fsp3) is 0.391. The normalized spacial score (nSPS) is 14.2. The molecule has 1 aliphatic heterocycles. The number of amides is 2. The molecule has 0 aromatic heterocycles. The molecule has 0 unspecified atom stereocenters. The van der Waals surface area contributed by atoms with Crippen LogP contribution in [0.2, 0.25) is 0 Å². The summed E-state index contributed by atoms with van der Waals surface area (Å²) in [5, 5.41) is 6.13. The van der Waals surface area contributed by atoms with Crippen molar-refractivity contribution in [3.8, 4) is 0 Å². The Balaban J connectivity index is 0.00000320. The van der Waals surface area contributed by atoms with E-state index in [4.69, 9.17) is 0 Å². The first-order valence-corrected chi connectivity index (χ1v) is 10.2. The summed E-state index contributed by atoms with van der Waals surface area (Å²) >= 11 is 0. The van der Waals surface area contributed by atoms with Gasteiger partial charge in [0.05, 0.1) is 16.8 Å². The first kappa shape index (κ1) is 23.8. The van der Waals surface area contributed by atoms with E-state index in [-0.39, 0.29) is 23.9 Å². The van der Waals surface area contributed by atoms with Gasteiger partial charge >= 0.3 is 0 Å². The third kappa shape index (κ3) is 5.58. The van der Waals surface area contributed by atoms with Gasteiger partial charge in [-0.05, 0) is 62.5 Å². The molecule has 30 heavy (non-hydrogen) atoms. The number of nitrogens with one attached hydrogen (secondary N) is 2. The number of halogens is 2. The summed E-state index contributed by atoms with van der Waals surface area (Å²) in [5.74, 6) is -0.666. The second-order valence-corrected chi connectivity index (χ2v) is 7.47. The van der Waals surface area contributed by atoms with Gasteiger partial charge in [0, 0.05) is 13.1 Å². The fourth-order valence-corrected chi connectivity index (χ4v) is 3.70. The SMILES string of the molecule is CCNCC1CCN(C(=O)c2cccc(C)c2NC(=O)c2ccccc2F)CC1.Cl. The fourth-order valence-electron chi connectivity index (χ4n) is 3.70. The van der Waals surface area contributed by atoms with Crippen molar-refractivity contribution in [1.82, 2.24) is 10.2 Å². The Morgan fingerprint density at radius 3 is 2.40 bits per heavy atom. The van der Waals surface area contributed by atoms with Crippen LogP contribution >= 0.6 is 12.4 Å². The number of hydrogen-bond acceptors (Lipinski definition) is 3. The van der Waals surface area contributed by atoms with E-state index < -0.39 is 11.7 Å². The number of aryl methyl sites for hydroxylation is 1. The minimum atomic E-state index is -0.589. The molecule has 2 aromatic rings. The number of carbonyl (C=O) groups excluding carboxylic acids is 2. The van der Waals surface area contributed by atoms with E-state index in [1.165, 1.54) is 18.2 Å². The van der Waals surface area contributed by atoms with Gasteiger partial charge in [0.1, 0.15) is 5.82 Å². The van der Waals surface area contributed by atoms with E-state index in [0.717, 1.165) is 31.5 Å². The molecular formula is C23H29ClFN3O2. The maximum atomic E-state index is 14.0. The van der Waals surface area contributed by atoms with Crippen molar-refractivity contribution in [2.75, 3.05) is 31.5 Å². The van der Waals surface area contributed by atoms with E-state index in [9.17, 15) is 14.0 Å². The molecule has 0 aliphatic carbocycles. The van der Waals surface area contributed by atoms with Gasteiger partial charge in [-0.3, -0.25) is 9.59 Å². The van der Waals surface area contributed by atoms with E-state index in [1.807, 2.05) is 17.9 Å². The van der Waals surface area contributed by atoms with Gasteiger partial charge in [-0.2, -0.15) is 0 Å². The number of para-hydroxylation sites is 1. The summed E-state index contributed by atoms with van der Waals surface area (Å²) in [4.78, 5) is 27.6. The zero-order valence-corrected chi connectivity index (χ0v) is 18.2. The Morgan fingerprint density at radius 2 is 1.73 bits per heavy atom. The molecule has 1 aliphatic rings. The Kier molecular flexibility index (Phi) is 8.81. The molecule has 2 amide bonds. The highest BCUT2D eigenvalue weighted by Gasteiger charge is 2.26. The molecule has 3 rings (SSSR count). The molecular weight excluding hydrogens is 405 g/mol. The van der Waals surface area contributed by atoms with Crippen LogP contribution in [0.5, 0.6) is 0 Å². The van der Waals surface area contributed by atoms with Gasteiger partial charge in [-0.1, -0.05) is 31.2 Å². The van der Waals surface area contributed by atoms with Crippen LogP contribution in [0.4, 0.5) is 10.1 Å². The smallest absolute Gasteiger partial charge is 0.258 e. The molecule has 1 heterocycles. The largest absolute Gasteiger partial charge is 0.339 e. The highest BCUT2D eigenvalue weighted by atomic mass is 35.5. The van der Waals surface area contributed by atoms with Crippen LogP contribution in [0.25, 0.3) is 0 Å². The van der Waals surface area contributed by atoms with Crippen LogP contribution in [0.3, 0.4) is 0 Å². The lowest BCUT2D eigenvalue weighted by molar-refractivity contribution is 0.0691.